The largest absolute Gasteiger partial charge is 0.403 e. The van der Waals surface area contributed by atoms with Crippen molar-refractivity contribution in [3.63, 3.8) is 0 Å². The number of fused-ring (bicyclic) bond motifs is 1. The molecule has 0 bridgehead atoms. The molecule has 0 fully saturated rings. The van der Waals surface area contributed by atoms with Crippen molar-refractivity contribution in [1.82, 2.24) is 34.9 Å². The monoisotopic (exact) mass is 372 g/mol. The van der Waals surface area contributed by atoms with Crippen LogP contribution in [0.25, 0.3) is 33.6 Å². The van der Waals surface area contributed by atoms with Crippen LogP contribution in [0.2, 0.25) is 0 Å². The SMILES string of the molecule is Cc1ncccc1Nc1nnc(-c2c[nH]c3ncc(-c4cnn(C)c4)cc23)o1. The van der Waals surface area contributed by atoms with Crippen LogP contribution < -0.4 is 5.32 Å². The van der Waals surface area contributed by atoms with Gasteiger partial charge in [-0.25, -0.2) is 4.98 Å². The van der Waals surface area contributed by atoms with E-state index in [1.54, 1.807) is 17.1 Å². The van der Waals surface area contributed by atoms with Crippen molar-refractivity contribution in [2.75, 3.05) is 5.32 Å². The highest BCUT2D eigenvalue weighted by Crippen LogP contribution is 2.31. The van der Waals surface area contributed by atoms with Crippen LogP contribution in [0.1, 0.15) is 5.69 Å². The van der Waals surface area contributed by atoms with Crippen LogP contribution >= 0.6 is 0 Å². The highest BCUT2D eigenvalue weighted by atomic mass is 16.4. The molecular formula is C19H16N8O. The summed E-state index contributed by atoms with van der Waals surface area (Å²) < 4.78 is 7.58. The zero-order valence-corrected chi connectivity index (χ0v) is 15.2. The van der Waals surface area contributed by atoms with E-state index in [-0.39, 0.29) is 0 Å². The smallest absolute Gasteiger partial charge is 0.320 e. The second-order valence-corrected chi connectivity index (χ2v) is 6.40. The number of nitrogens with zero attached hydrogens (tertiary/aromatic N) is 6. The second kappa shape index (κ2) is 6.31. The molecule has 0 aliphatic carbocycles. The molecule has 0 amide bonds. The molecule has 0 radical (unpaired) electrons. The molecule has 5 rings (SSSR count). The average Bonchev–Trinajstić information content (AvgIpc) is 3.42. The van der Waals surface area contributed by atoms with Gasteiger partial charge in [-0.1, -0.05) is 5.10 Å². The lowest BCUT2D eigenvalue weighted by molar-refractivity contribution is 0.588. The second-order valence-electron chi connectivity index (χ2n) is 6.40. The van der Waals surface area contributed by atoms with Crippen molar-refractivity contribution >= 4 is 22.7 Å². The lowest BCUT2D eigenvalue weighted by Crippen LogP contribution is -1.94. The minimum absolute atomic E-state index is 0.303. The predicted octanol–water partition coefficient (Wildman–Crippen LogP) is 3.46. The number of hydrogen-bond donors (Lipinski definition) is 2. The van der Waals surface area contributed by atoms with Gasteiger partial charge in [0.05, 0.1) is 23.1 Å². The van der Waals surface area contributed by atoms with Gasteiger partial charge in [-0.2, -0.15) is 5.10 Å². The number of anilines is 2. The van der Waals surface area contributed by atoms with Gasteiger partial charge in [-0.05, 0) is 25.1 Å². The van der Waals surface area contributed by atoms with Crippen molar-refractivity contribution in [2.24, 2.45) is 7.05 Å². The number of nitrogens with one attached hydrogen (secondary N) is 2. The standard InChI is InChI=1S/C19H16N8O/c1-11-16(4-3-5-20-11)24-19-26-25-18(28-19)15-9-22-17-14(15)6-12(7-21-17)13-8-23-27(2)10-13/h3-10H,1-2H3,(H,21,22)(H,24,26). The quantitative estimate of drug-likeness (QED) is 0.497. The van der Waals surface area contributed by atoms with Crippen LogP contribution in [-0.4, -0.2) is 34.9 Å². The summed E-state index contributed by atoms with van der Waals surface area (Å²) in [5.74, 6) is 0.403. The van der Waals surface area contributed by atoms with Crippen LogP contribution in [0, 0.1) is 6.92 Å². The molecule has 5 aromatic heterocycles. The van der Waals surface area contributed by atoms with Crippen molar-refractivity contribution in [3.8, 4) is 22.6 Å². The molecule has 5 heterocycles. The fourth-order valence-electron chi connectivity index (χ4n) is 3.02. The topological polar surface area (TPSA) is 110 Å². The lowest BCUT2D eigenvalue weighted by Gasteiger charge is -2.03. The zero-order chi connectivity index (χ0) is 19.1. The van der Waals surface area contributed by atoms with Gasteiger partial charge >= 0.3 is 6.01 Å². The zero-order valence-electron chi connectivity index (χ0n) is 15.2. The molecule has 0 atom stereocenters. The first-order valence-corrected chi connectivity index (χ1v) is 8.66. The molecule has 0 aromatic carbocycles. The first-order valence-electron chi connectivity index (χ1n) is 8.66. The van der Waals surface area contributed by atoms with E-state index in [4.69, 9.17) is 4.42 Å². The summed E-state index contributed by atoms with van der Waals surface area (Å²) in [6, 6.07) is 6.09. The molecule has 9 nitrogen and oxygen atoms in total. The Hall–Kier alpha value is -4.01. The molecule has 28 heavy (non-hydrogen) atoms. The summed E-state index contributed by atoms with van der Waals surface area (Å²) in [4.78, 5) is 11.9. The van der Waals surface area contributed by atoms with Crippen LogP contribution in [0.15, 0.2) is 53.6 Å². The van der Waals surface area contributed by atoms with Gasteiger partial charge in [-0.15, -0.1) is 5.10 Å². The molecule has 0 unspecified atom stereocenters. The number of hydrogen-bond acceptors (Lipinski definition) is 7. The fraction of sp³-hybridized carbons (Fsp3) is 0.105. The van der Waals surface area contributed by atoms with E-state index in [1.165, 1.54) is 0 Å². The Kier molecular flexibility index (Phi) is 3.64. The molecule has 0 spiro atoms. The molecule has 0 saturated heterocycles. The molecule has 0 aliphatic heterocycles. The summed E-state index contributed by atoms with van der Waals surface area (Å²) in [6.45, 7) is 1.91. The van der Waals surface area contributed by atoms with Gasteiger partial charge in [0, 0.05) is 48.3 Å². The maximum atomic E-state index is 5.82. The molecule has 138 valence electrons. The third kappa shape index (κ3) is 2.78. The molecular weight excluding hydrogens is 356 g/mol. The van der Waals surface area contributed by atoms with Crippen molar-refractivity contribution in [1.29, 1.82) is 0 Å². The summed E-state index contributed by atoms with van der Waals surface area (Å²) in [7, 11) is 1.88. The van der Waals surface area contributed by atoms with Gasteiger partial charge < -0.3 is 14.7 Å². The Labute approximate surface area is 159 Å². The van der Waals surface area contributed by atoms with E-state index in [1.807, 2.05) is 50.8 Å². The Balaban J connectivity index is 1.51. The third-order valence-electron chi connectivity index (χ3n) is 4.47. The van der Waals surface area contributed by atoms with Crippen LogP contribution in [-0.2, 0) is 7.05 Å². The van der Waals surface area contributed by atoms with Crippen molar-refractivity contribution < 1.29 is 4.42 Å². The van der Waals surface area contributed by atoms with Crippen LogP contribution in [0.3, 0.4) is 0 Å². The maximum Gasteiger partial charge on any atom is 0.320 e. The Bertz CT molecular complexity index is 1280. The van der Waals surface area contributed by atoms with Gasteiger partial charge in [0.25, 0.3) is 5.89 Å². The lowest BCUT2D eigenvalue weighted by atomic mass is 10.1. The summed E-state index contributed by atoms with van der Waals surface area (Å²) in [5, 5.41) is 16.5. The minimum atomic E-state index is 0.303. The molecule has 0 saturated carbocycles. The van der Waals surface area contributed by atoms with E-state index in [2.05, 4.69) is 35.6 Å². The van der Waals surface area contributed by atoms with Gasteiger partial charge in [0.1, 0.15) is 5.65 Å². The molecule has 0 aliphatic rings. The highest BCUT2D eigenvalue weighted by molar-refractivity contribution is 5.93. The number of aromatic nitrogens is 7. The Morgan fingerprint density at radius 2 is 2.07 bits per heavy atom. The predicted molar refractivity (Wildman–Crippen MR) is 104 cm³/mol. The van der Waals surface area contributed by atoms with Gasteiger partial charge in [0.2, 0.25) is 0 Å². The molecule has 2 N–H and O–H groups in total. The van der Waals surface area contributed by atoms with E-state index in [9.17, 15) is 0 Å². The van der Waals surface area contributed by atoms with Crippen LogP contribution in [0.5, 0.6) is 0 Å². The summed E-state index contributed by atoms with van der Waals surface area (Å²) in [6.07, 6.45) is 9.11. The van der Waals surface area contributed by atoms with E-state index in [0.717, 1.165) is 39.1 Å². The van der Waals surface area contributed by atoms with Crippen LogP contribution in [0.4, 0.5) is 11.7 Å². The molecule has 9 heteroatoms. The maximum absolute atomic E-state index is 5.82. The number of aryl methyl sites for hydroxylation is 2. The fourth-order valence-corrected chi connectivity index (χ4v) is 3.02. The number of aromatic amines is 1. The number of rotatable bonds is 4. The highest BCUT2D eigenvalue weighted by Gasteiger charge is 2.16. The number of pyridine rings is 2. The summed E-state index contributed by atoms with van der Waals surface area (Å²) >= 11 is 0. The minimum Gasteiger partial charge on any atom is -0.403 e. The van der Waals surface area contributed by atoms with E-state index < -0.39 is 0 Å². The van der Waals surface area contributed by atoms with Crippen molar-refractivity contribution in [3.05, 3.63) is 54.9 Å². The third-order valence-corrected chi connectivity index (χ3v) is 4.47. The van der Waals surface area contributed by atoms with E-state index in [0.29, 0.717) is 11.9 Å². The average molecular weight is 372 g/mol. The first-order chi connectivity index (χ1) is 13.7. The first kappa shape index (κ1) is 16.2. The Morgan fingerprint density at radius 3 is 2.89 bits per heavy atom. The summed E-state index contributed by atoms with van der Waals surface area (Å²) in [5.41, 5.74) is 5.15. The Morgan fingerprint density at radius 1 is 1.14 bits per heavy atom. The van der Waals surface area contributed by atoms with Crippen molar-refractivity contribution in [2.45, 2.75) is 6.92 Å². The number of H-pyrrole nitrogens is 1. The molecule has 5 aromatic rings. The van der Waals surface area contributed by atoms with E-state index >= 15 is 0 Å². The normalized spacial score (nSPS) is 11.2. The van der Waals surface area contributed by atoms with Gasteiger partial charge in [0.15, 0.2) is 0 Å². The van der Waals surface area contributed by atoms with Gasteiger partial charge in [-0.3, -0.25) is 9.67 Å².